The normalized spacial score (nSPS) is 19.0. The van der Waals surface area contributed by atoms with Crippen molar-refractivity contribution in [1.82, 2.24) is 14.5 Å². The summed E-state index contributed by atoms with van der Waals surface area (Å²) in [7, 11) is 0. The number of amides is 1. The summed E-state index contributed by atoms with van der Waals surface area (Å²) in [4.78, 5) is 18.0. The summed E-state index contributed by atoms with van der Waals surface area (Å²) in [6.07, 6.45) is 8.62. The van der Waals surface area contributed by atoms with Crippen molar-refractivity contribution in [1.29, 1.82) is 0 Å². The topological polar surface area (TPSA) is 58.4 Å². The number of carbonyl (C=O) groups excluding carboxylic acids is 1. The molecule has 1 atom stereocenters. The largest absolute Gasteiger partial charge is 0.386 e. The van der Waals surface area contributed by atoms with Crippen molar-refractivity contribution in [3.8, 4) is 0 Å². The predicted octanol–water partition coefficient (Wildman–Crippen LogP) is 1.60. The fraction of sp³-hybridized carbons (Fsp3) is 0.714. The second-order valence-corrected chi connectivity index (χ2v) is 5.48. The fourth-order valence-electron chi connectivity index (χ4n) is 2.57. The number of hydrogen-bond acceptors (Lipinski definition) is 3. The van der Waals surface area contributed by atoms with Crippen LogP contribution in [-0.2, 0) is 4.79 Å². The molecule has 106 valence electrons. The number of rotatable bonds is 6. The molecule has 5 heteroatoms. The molecule has 2 heterocycles. The summed E-state index contributed by atoms with van der Waals surface area (Å²) >= 11 is 0. The van der Waals surface area contributed by atoms with E-state index in [4.69, 9.17) is 0 Å². The average Bonchev–Trinajstić information content (AvgIpc) is 2.88. The molecule has 5 nitrogen and oxygen atoms in total. The molecule has 1 aromatic heterocycles. The quantitative estimate of drug-likeness (QED) is 0.850. The van der Waals surface area contributed by atoms with Crippen molar-refractivity contribution in [2.45, 2.75) is 51.2 Å². The molecule has 1 saturated heterocycles. The molecule has 0 spiro atoms. The van der Waals surface area contributed by atoms with E-state index < -0.39 is 5.60 Å². The maximum Gasteiger partial charge on any atom is 0.224 e. The Kier molecular flexibility index (Phi) is 4.24. The van der Waals surface area contributed by atoms with Gasteiger partial charge in [-0.25, -0.2) is 4.98 Å². The zero-order valence-electron chi connectivity index (χ0n) is 11.7. The Balaban J connectivity index is 1.90. The van der Waals surface area contributed by atoms with Gasteiger partial charge >= 0.3 is 0 Å². The van der Waals surface area contributed by atoms with Crippen LogP contribution < -0.4 is 0 Å². The maximum atomic E-state index is 12.2. The third-order valence-corrected chi connectivity index (χ3v) is 3.96. The van der Waals surface area contributed by atoms with Crippen molar-refractivity contribution in [3.05, 3.63) is 18.7 Å². The highest BCUT2D eigenvalue weighted by Gasteiger charge is 2.42. The third-order valence-electron chi connectivity index (χ3n) is 3.96. The van der Waals surface area contributed by atoms with Gasteiger partial charge < -0.3 is 14.6 Å². The molecule has 0 radical (unpaired) electrons. The van der Waals surface area contributed by atoms with Crippen LogP contribution >= 0.6 is 0 Å². The minimum Gasteiger partial charge on any atom is -0.386 e. The van der Waals surface area contributed by atoms with Gasteiger partial charge in [0.25, 0.3) is 0 Å². The molecule has 1 N–H and O–H groups in total. The fourth-order valence-corrected chi connectivity index (χ4v) is 2.57. The van der Waals surface area contributed by atoms with Gasteiger partial charge in [0.2, 0.25) is 5.91 Å². The minimum absolute atomic E-state index is 0.130. The Morgan fingerprint density at radius 3 is 2.74 bits per heavy atom. The predicted molar refractivity (Wildman–Crippen MR) is 72.6 cm³/mol. The molecule has 1 amide bonds. The van der Waals surface area contributed by atoms with E-state index in [-0.39, 0.29) is 11.9 Å². The monoisotopic (exact) mass is 265 g/mol. The van der Waals surface area contributed by atoms with Gasteiger partial charge in [-0.3, -0.25) is 4.79 Å². The van der Waals surface area contributed by atoms with Gasteiger partial charge in [-0.15, -0.1) is 0 Å². The highest BCUT2D eigenvalue weighted by atomic mass is 16.3. The summed E-state index contributed by atoms with van der Waals surface area (Å²) in [6.45, 7) is 5.03. The molecule has 1 unspecified atom stereocenters. The molecule has 1 aliphatic heterocycles. The van der Waals surface area contributed by atoms with E-state index >= 15 is 0 Å². The summed E-state index contributed by atoms with van der Waals surface area (Å²) in [5, 5.41) is 9.95. The number of aliphatic hydroxyl groups is 1. The molecule has 1 aromatic rings. The van der Waals surface area contributed by atoms with Crippen molar-refractivity contribution in [3.63, 3.8) is 0 Å². The average molecular weight is 265 g/mol. The smallest absolute Gasteiger partial charge is 0.224 e. The molecule has 0 saturated carbocycles. The standard InChI is InChI=1S/C14H23N3O2/c1-3-5-12(16-7-6-15-11-16)8-13(18)17-9-14(19,4-2)10-17/h6-7,11-12,19H,3-5,8-10H2,1-2H3. The van der Waals surface area contributed by atoms with E-state index in [1.54, 1.807) is 17.4 Å². The van der Waals surface area contributed by atoms with E-state index in [0.717, 1.165) is 12.8 Å². The van der Waals surface area contributed by atoms with Gasteiger partial charge in [0.05, 0.1) is 25.0 Å². The second kappa shape index (κ2) is 5.74. The molecule has 19 heavy (non-hydrogen) atoms. The number of imidazole rings is 1. The Morgan fingerprint density at radius 1 is 1.47 bits per heavy atom. The minimum atomic E-state index is -0.648. The van der Waals surface area contributed by atoms with Crippen LogP contribution in [0.1, 0.15) is 45.6 Å². The molecule has 0 bridgehead atoms. The Morgan fingerprint density at radius 2 is 2.21 bits per heavy atom. The lowest BCUT2D eigenvalue weighted by molar-refractivity contribution is -0.156. The SMILES string of the molecule is CCCC(CC(=O)N1CC(O)(CC)C1)n1ccnc1. The van der Waals surface area contributed by atoms with E-state index in [9.17, 15) is 9.90 Å². The Bertz CT molecular complexity index is 410. The molecule has 2 rings (SSSR count). The molecular weight excluding hydrogens is 242 g/mol. The van der Waals surface area contributed by atoms with Crippen molar-refractivity contribution >= 4 is 5.91 Å². The number of likely N-dealkylation sites (tertiary alicyclic amines) is 1. The van der Waals surface area contributed by atoms with Gasteiger partial charge in [0, 0.05) is 24.9 Å². The zero-order chi connectivity index (χ0) is 13.9. The van der Waals surface area contributed by atoms with Crippen LogP contribution in [0, 0.1) is 0 Å². The lowest BCUT2D eigenvalue weighted by Crippen LogP contribution is -2.63. The number of carbonyl (C=O) groups is 1. The van der Waals surface area contributed by atoms with Crippen LogP contribution in [0.5, 0.6) is 0 Å². The second-order valence-electron chi connectivity index (χ2n) is 5.48. The van der Waals surface area contributed by atoms with Gasteiger partial charge in [0.1, 0.15) is 0 Å². The summed E-state index contributed by atoms with van der Waals surface area (Å²) in [5.41, 5.74) is -0.648. The summed E-state index contributed by atoms with van der Waals surface area (Å²) in [5.74, 6) is 0.130. The van der Waals surface area contributed by atoms with E-state index in [0.29, 0.717) is 25.9 Å². The number of hydrogen-bond donors (Lipinski definition) is 1. The molecular formula is C14H23N3O2. The Hall–Kier alpha value is -1.36. The first-order chi connectivity index (χ1) is 9.08. The van der Waals surface area contributed by atoms with Crippen LogP contribution in [0.15, 0.2) is 18.7 Å². The Labute approximate surface area is 114 Å². The van der Waals surface area contributed by atoms with E-state index in [1.165, 1.54) is 0 Å². The van der Waals surface area contributed by atoms with Gasteiger partial charge in [0.15, 0.2) is 0 Å². The highest BCUT2D eigenvalue weighted by molar-refractivity contribution is 5.77. The molecule has 1 aliphatic rings. The number of nitrogens with zero attached hydrogens (tertiary/aromatic N) is 3. The molecule has 0 aliphatic carbocycles. The van der Waals surface area contributed by atoms with Gasteiger partial charge in [-0.1, -0.05) is 20.3 Å². The first kappa shape index (κ1) is 14.1. The van der Waals surface area contributed by atoms with Crippen molar-refractivity contribution in [2.75, 3.05) is 13.1 Å². The lowest BCUT2D eigenvalue weighted by Gasteiger charge is -2.46. The van der Waals surface area contributed by atoms with Crippen LogP contribution in [0.2, 0.25) is 0 Å². The first-order valence-electron chi connectivity index (χ1n) is 7.05. The van der Waals surface area contributed by atoms with Crippen molar-refractivity contribution in [2.24, 2.45) is 0 Å². The van der Waals surface area contributed by atoms with E-state index in [2.05, 4.69) is 11.9 Å². The highest BCUT2D eigenvalue weighted by Crippen LogP contribution is 2.27. The zero-order valence-corrected chi connectivity index (χ0v) is 11.7. The van der Waals surface area contributed by atoms with Crippen LogP contribution in [0.25, 0.3) is 0 Å². The van der Waals surface area contributed by atoms with E-state index in [1.807, 2.05) is 17.7 Å². The summed E-state index contributed by atoms with van der Waals surface area (Å²) in [6, 6.07) is 0.176. The summed E-state index contributed by atoms with van der Waals surface area (Å²) < 4.78 is 2.01. The first-order valence-corrected chi connectivity index (χ1v) is 7.05. The van der Waals surface area contributed by atoms with Crippen LogP contribution in [0.4, 0.5) is 0 Å². The van der Waals surface area contributed by atoms with Gasteiger partial charge in [-0.05, 0) is 12.8 Å². The van der Waals surface area contributed by atoms with Crippen LogP contribution in [-0.4, -0.2) is 44.2 Å². The van der Waals surface area contributed by atoms with Crippen molar-refractivity contribution < 1.29 is 9.90 Å². The van der Waals surface area contributed by atoms with Gasteiger partial charge in [-0.2, -0.15) is 0 Å². The van der Waals surface area contributed by atoms with Crippen LogP contribution in [0.3, 0.4) is 0 Å². The third kappa shape index (κ3) is 3.15. The lowest BCUT2D eigenvalue weighted by atomic mass is 9.90. The maximum absolute atomic E-state index is 12.2. The number of β-amino-alcohol motifs (C(OH)–C–C–N with tert-alkyl or cyclic N) is 1. The number of aromatic nitrogens is 2. The molecule has 0 aromatic carbocycles. The molecule has 1 fully saturated rings.